The molecule has 0 saturated carbocycles. The quantitative estimate of drug-likeness (QED) is 0.854. The summed E-state index contributed by atoms with van der Waals surface area (Å²) in [7, 11) is 3.72. The smallest absolute Gasteiger partial charge is 0.119 e. The predicted octanol–water partition coefficient (Wildman–Crippen LogP) is 4.58. The van der Waals surface area contributed by atoms with Crippen molar-refractivity contribution in [1.29, 1.82) is 0 Å². The van der Waals surface area contributed by atoms with E-state index in [1.165, 1.54) is 26.7 Å². The molecule has 3 heteroatoms. The third kappa shape index (κ3) is 3.86. The minimum atomic E-state index is 0.295. The van der Waals surface area contributed by atoms with Gasteiger partial charge in [-0.25, -0.2) is 0 Å². The second-order valence-electron chi connectivity index (χ2n) is 5.35. The number of likely N-dealkylation sites (N-methyl/N-ethyl adjacent to an activating group) is 1. The maximum Gasteiger partial charge on any atom is 0.119 e. The molecule has 21 heavy (non-hydrogen) atoms. The Morgan fingerprint density at radius 2 is 1.90 bits per heavy atom. The molecule has 0 spiro atoms. The van der Waals surface area contributed by atoms with E-state index < -0.39 is 0 Å². The van der Waals surface area contributed by atoms with Gasteiger partial charge < -0.3 is 10.1 Å². The van der Waals surface area contributed by atoms with E-state index in [2.05, 4.69) is 59.4 Å². The van der Waals surface area contributed by atoms with Gasteiger partial charge in [-0.1, -0.05) is 34.1 Å². The molecular weight excluding hydrogens is 326 g/mol. The van der Waals surface area contributed by atoms with Crippen molar-refractivity contribution in [3.8, 4) is 5.75 Å². The second kappa shape index (κ2) is 7.10. The van der Waals surface area contributed by atoms with Crippen molar-refractivity contribution in [2.75, 3.05) is 14.2 Å². The van der Waals surface area contributed by atoms with Crippen LogP contribution < -0.4 is 10.1 Å². The van der Waals surface area contributed by atoms with Crippen LogP contribution in [0.5, 0.6) is 5.75 Å². The Morgan fingerprint density at radius 3 is 2.57 bits per heavy atom. The first-order chi connectivity index (χ1) is 10.0. The lowest BCUT2D eigenvalue weighted by Crippen LogP contribution is -2.20. The average molecular weight is 348 g/mol. The Morgan fingerprint density at radius 1 is 1.14 bits per heavy atom. The van der Waals surface area contributed by atoms with Crippen LogP contribution in [0.25, 0.3) is 0 Å². The summed E-state index contributed by atoms with van der Waals surface area (Å²) in [6.07, 6.45) is 0.940. The summed E-state index contributed by atoms with van der Waals surface area (Å²) in [6, 6.07) is 13.0. The highest BCUT2D eigenvalue weighted by atomic mass is 79.9. The van der Waals surface area contributed by atoms with Gasteiger partial charge in [-0.15, -0.1) is 0 Å². The minimum Gasteiger partial charge on any atom is -0.497 e. The lowest BCUT2D eigenvalue weighted by atomic mass is 9.94. The van der Waals surface area contributed by atoms with Crippen LogP contribution in [0.2, 0.25) is 0 Å². The number of rotatable bonds is 5. The largest absolute Gasteiger partial charge is 0.497 e. The van der Waals surface area contributed by atoms with Gasteiger partial charge in [0, 0.05) is 10.5 Å². The summed E-state index contributed by atoms with van der Waals surface area (Å²) in [5, 5.41) is 3.44. The summed E-state index contributed by atoms with van der Waals surface area (Å²) >= 11 is 3.60. The number of hydrogen-bond acceptors (Lipinski definition) is 2. The molecule has 2 aromatic rings. The summed E-state index contributed by atoms with van der Waals surface area (Å²) in [4.78, 5) is 0. The van der Waals surface area contributed by atoms with Gasteiger partial charge in [-0.05, 0) is 67.8 Å². The standard InChI is InChI=1S/C18H22BrNO/c1-12-9-17(19)13(2)8-16(12)18(20-3)11-14-6-5-7-15(10-14)21-4/h5-10,18,20H,11H2,1-4H3. The van der Waals surface area contributed by atoms with Crippen molar-refractivity contribution >= 4 is 15.9 Å². The zero-order valence-electron chi connectivity index (χ0n) is 13.0. The van der Waals surface area contributed by atoms with Gasteiger partial charge in [0.2, 0.25) is 0 Å². The molecule has 1 N–H and O–H groups in total. The SMILES string of the molecule is CNC(Cc1cccc(OC)c1)c1cc(C)c(Br)cc1C. The van der Waals surface area contributed by atoms with E-state index in [1.54, 1.807) is 7.11 Å². The fourth-order valence-electron chi connectivity index (χ4n) is 2.58. The second-order valence-corrected chi connectivity index (χ2v) is 6.21. The molecule has 0 aliphatic carbocycles. The molecule has 0 aliphatic heterocycles. The monoisotopic (exact) mass is 347 g/mol. The fourth-order valence-corrected chi connectivity index (χ4v) is 3.04. The molecule has 0 radical (unpaired) electrons. The number of hydrogen-bond donors (Lipinski definition) is 1. The zero-order chi connectivity index (χ0) is 15.4. The molecule has 0 fully saturated rings. The summed E-state index contributed by atoms with van der Waals surface area (Å²) < 4.78 is 6.47. The van der Waals surface area contributed by atoms with Crippen LogP contribution in [0.1, 0.15) is 28.3 Å². The van der Waals surface area contributed by atoms with Gasteiger partial charge in [0.05, 0.1) is 7.11 Å². The highest BCUT2D eigenvalue weighted by Gasteiger charge is 2.14. The van der Waals surface area contributed by atoms with Gasteiger partial charge in [0.1, 0.15) is 5.75 Å². The first kappa shape index (κ1) is 16.1. The normalized spacial score (nSPS) is 12.2. The number of halogens is 1. The fraction of sp³-hybridized carbons (Fsp3) is 0.333. The maximum atomic E-state index is 5.31. The summed E-state index contributed by atoms with van der Waals surface area (Å²) in [5.74, 6) is 0.908. The molecule has 0 amide bonds. The Balaban J connectivity index is 2.29. The average Bonchev–Trinajstić information content (AvgIpc) is 2.49. The van der Waals surface area contributed by atoms with Crippen molar-refractivity contribution in [3.05, 3.63) is 63.1 Å². The number of methoxy groups -OCH3 is 1. The summed E-state index contributed by atoms with van der Waals surface area (Å²) in [6.45, 7) is 4.29. The Kier molecular flexibility index (Phi) is 5.43. The van der Waals surface area contributed by atoms with Crippen LogP contribution >= 0.6 is 15.9 Å². The highest BCUT2D eigenvalue weighted by Crippen LogP contribution is 2.28. The lowest BCUT2D eigenvalue weighted by Gasteiger charge is -2.20. The summed E-state index contributed by atoms with van der Waals surface area (Å²) in [5.41, 5.74) is 5.19. The van der Waals surface area contributed by atoms with Crippen LogP contribution in [0.4, 0.5) is 0 Å². The van der Waals surface area contributed by atoms with E-state index in [4.69, 9.17) is 4.74 Å². The van der Waals surface area contributed by atoms with Gasteiger partial charge in [0.15, 0.2) is 0 Å². The predicted molar refractivity (Wildman–Crippen MR) is 92.1 cm³/mol. The van der Waals surface area contributed by atoms with E-state index in [1.807, 2.05) is 19.2 Å². The Bertz CT molecular complexity index is 625. The maximum absolute atomic E-state index is 5.31. The molecule has 0 saturated heterocycles. The molecule has 0 aromatic heterocycles. The van der Waals surface area contributed by atoms with Crippen LogP contribution in [0, 0.1) is 13.8 Å². The van der Waals surface area contributed by atoms with Crippen molar-refractivity contribution in [3.63, 3.8) is 0 Å². The molecule has 2 nitrogen and oxygen atoms in total. The van der Waals surface area contributed by atoms with Gasteiger partial charge in [0.25, 0.3) is 0 Å². The van der Waals surface area contributed by atoms with Crippen molar-refractivity contribution in [2.45, 2.75) is 26.3 Å². The van der Waals surface area contributed by atoms with E-state index >= 15 is 0 Å². The number of nitrogens with one attached hydrogen (secondary N) is 1. The van der Waals surface area contributed by atoms with Crippen molar-refractivity contribution in [2.24, 2.45) is 0 Å². The van der Waals surface area contributed by atoms with Gasteiger partial charge >= 0.3 is 0 Å². The van der Waals surface area contributed by atoms with Crippen LogP contribution in [0.15, 0.2) is 40.9 Å². The molecule has 1 atom stereocenters. The first-order valence-electron chi connectivity index (χ1n) is 7.12. The van der Waals surface area contributed by atoms with Crippen LogP contribution in [-0.2, 0) is 6.42 Å². The third-order valence-electron chi connectivity index (χ3n) is 3.85. The van der Waals surface area contributed by atoms with Crippen molar-refractivity contribution < 1.29 is 4.74 Å². The number of aryl methyl sites for hydroxylation is 2. The lowest BCUT2D eigenvalue weighted by molar-refractivity contribution is 0.414. The molecule has 1 unspecified atom stereocenters. The molecule has 2 aromatic carbocycles. The topological polar surface area (TPSA) is 21.3 Å². The molecule has 0 bridgehead atoms. The molecular formula is C18H22BrNO. The third-order valence-corrected chi connectivity index (χ3v) is 4.70. The van der Waals surface area contributed by atoms with Crippen molar-refractivity contribution in [1.82, 2.24) is 5.32 Å². The molecule has 112 valence electrons. The van der Waals surface area contributed by atoms with E-state index in [0.717, 1.165) is 12.2 Å². The molecule has 0 aliphatic rings. The minimum absolute atomic E-state index is 0.295. The van der Waals surface area contributed by atoms with Crippen LogP contribution in [0.3, 0.4) is 0 Å². The number of ether oxygens (including phenoxy) is 1. The zero-order valence-corrected chi connectivity index (χ0v) is 14.6. The van der Waals surface area contributed by atoms with E-state index in [0.29, 0.717) is 6.04 Å². The van der Waals surface area contributed by atoms with Gasteiger partial charge in [-0.2, -0.15) is 0 Å². The highest BCUT2D eigenvalue weighted by molar-refractivity contribution is 9.10. The number of benzene rings is 2. The van der Waals surface area contributed by atoms with Gasteiger partial charge in [-0.3, -0.25) is 0 Å². The first-order valence-corrected chi connectivity index (χ1v) is 7.91. The Labute approximate surface area is 135 Å². The van der Waals surface area contributed by atoms with Crippen LogP contribution in [-0.4, -0.2) is 14.2 Å². The molecule has 0 heterocycles. The Hall–Kier alpha value is -1.32. The van der Waals surface area contributed by atoms with E-state index in [-0.39, 0.29) is 0 Å². The van der Waals surface area contributed by atoms with E-state index in [9.17, 15) is 0 Å². The molecule has 2 rings (SSSR count).